The molecule has 0 spiro atoms. The van der Waals surface area contributed by atoms with E-state index in [1.165, 1.54) is 12.1 Å². The molecule has 0 aromatic heterocycles. The maximum absolute atomic E-state index is 13.9. The van der Waals surface area contributed by atoms with Crippen LogP contribution in [0.15, 0.2) is 48.5 Å². The van der Waals surface area contributed by atoms with Crippen LogP contribution in [0.4, 0.5) is 9.18 Å². The van der Waals surface area contributed by atoms with Gasteiger partial charge in [-0.1, -0.05) is 36.4 Å². The first-order chi connectivity index (χ1) is 13.4. The van der Waals surface area contributed by atoms with Gasteiger partial charge in [0.2, 0.25) is 0 Å². The van der Waals surface area contributed by atoms with Crippen molar-refractivity contribution in [3.8, 4) is 0 Å². The third-order valence-electron chi connectivity index (χ3n) is 6.00. The van der Waals surface area contributed by atoms with Crippen molar-refractivity contribution in [1.82, 2.24) is 4.90 Å². The second kappa shape index (κ2) is 7.55. The van der Waals surface area contributed by atoms with Gasteiger partial charge >= 0.3 is 6.09 Å². The highest BCUT2D eigenvalue weighted by Crippen LogP contribution is 2.44. The third-order valence-corrected chi connectivity index (χ3v) is 6.00. The van der Waals surface area contributed by atoms with Gasteiger partial charge < -0.3 is 14.7 Å². The molecule has 2 aliphatic heterocycles. The molecule has 4 nitrogen and oxygen atoms in total. The number of piperidine rings is 2. The number of nitrogens with zero attached hydrogens (tertiary/aromatic N) is 1. The summed E-state index contributed by atoms with van der Waals surface area (Å²) in [4.78, 5) is 14.6. The molecule has 2 saturated heterocycles. The maximum atomic E-state index is 13.9. The summed E-state index contributed by atoms with van der Waals surface area (Å²) in [6.07, 6.45) is 3.17. The Morgan fingerprint density at radius 3 is 2.50 bits per heavy atom. The zero-order valence-electron chi connectivity index (χ0n) is 16.1. The molecule has 2 fully saturated rings. The standard InChI is InChI=1S/C23H26FNO3/c1-16-10-18(12-19(24)11-16)23(27)13-20-8-5-9-21(14-23)25(20)22(26)28-15-17-6-3-2-4-7-17/h2-4,6-7,10-12,20-21,27H,5,8-9,13-15H2,1H3. The summed E-state index contributed by atoms with van der Waals surface area (Å²) in [7, 11) is 0. The normalized spacial score (nSPS) is 26.8. The Kier molecular flexibility index (Phi) is 5.11. The number of hydrogen-bond donors (Lipinski definition) is 1. The number of halogens is 1. The Hall–Kier alpha value is -2.40. The molecule has 2 atom stereocenters. The Labute approximate surface area is 164 Å². The summed E-state index contributed by atoms with van der Waals surface area (Å²) < 4.78 is 19.5. The van der Waals surface area contributed by atoms with Crippen LogP contribution < -0.4 is 0 Å². The lowest BCUT2D eigenvalue weighted by atomic mass is 9.72. The average Bonchev–Trinajstić information content (AvgIpc) is 2.65. The van der Waals surface area contributed by atoms with Crippen molar-refractivity contribution in [3.63, 3.8) is 0 Å². The summed E-state index contributed by atoms with van der Waals surface area (Å²) >= 11 is 0. The highest BCUT2D eigenvalue weighted by Gasteiger charge is 2.48. The summed E-state index contributed by atoms with van der Waals surface area (Å²) in [6, 6.07) is 14.2. The number of aryl methyl sites for hydroxylation is 1. The molecule has 148 valence electrons. The zero-order valence-corrected chi connectivity index (χ0v) is 16.1. The molecule has 2 unspecified atom stereocenters. The molecule has 2 aromatic carbocycles. The molecule has 4 rings (SSSR count). The fourth-order valence-corrected chi connectivity index (χ4v) is 4.76. The molecule has 2 bridgehead atoms. The number of rotatable bonds is 3. The van der Waals surface area contributed by atoms with Crippen molar-refractivity contribution in [2.24, 2.45) is 0 Å². The molecule has 1 N–H and O–H groups in total. The monoisotopic (exact) mass is 383 g/mol. The van der Waals surface area contributed by atoms with Gasteiger partial charge in [-0.15, -0.1) is 0 Å². The van der Waals surface area contributed by atoms with E-state index < -0.39 is 5.60 Å². The van der Waals surface area contributed by atoms with Gasteiger partial charge in [-0.05, 0) is 55.0 Å². The Morgan fingerprint density at radius 1 is 1.18 bits per heavy atom. The van der Waals surface area contributed by atoms with Gasteiger partial charge in [0.15, 0.2) is 0 Å². The fraction of sp³-hybridized carbons (Fsp3) is 0.435. The minimum Gasteiger partial charge on any atom is -0.445 e. The Morgan fingerprint density at radius 2 is 1.86 bits per heavy atom. The van der Waals surface area contributed by atoms with Crippen LogP contribution in [0.25, 0.3) is 0 Å². The summed E-state index contributed by atoms with van der Waals surface area (Å²) in [5.41, 5.74) is 1.24. The molecule has 0 saturated carbocycles. The van der Waals surface area contributed by atoms with E-state index in [0.717, 1.165) is 30.4 Å². The average molecular weight is 383 g/mol. The molecule has 2 aliphatic rings. The molecule has 0 radical (unpaired) electrons. The van der Waals surface area contributed by atoms with Crippen LogP contribution >= 0.6 is 0 Å². The topological polar surface area (TPSA) is 49.8 Å². The molecule has 2 aromatic rings. The Bertz CT molecular complexity index is 820. The highest BCUT2D eigenvalue weighted by molar-refractivity contribution is 5.69. The van der Waals surface area contributed by atoms with E-state index in [0.29, 0.717) is 18.4 Å². The van der Waals surface area contributed by atoms with Crippen LogP contribution in [0, 0.1) is 12.7 Å². The fourth-order valence-electron chi connectivity index (χ4n) is 4.76. The molecule has 28 heavy (non-hydrogen) atoms. The second-order valence-corrected chi connectivity index (χ2v) is 8.14. The smallest absolute Gasteiger partial charge is 0.410 e. The van der Waals surface area contributed by atoms with Gasteiger partial charge in [0.1, 0.15) is 12.4 Å². The van der Waals surface area contributed by atoms with Crippen LogP contribution in [0.1, 0.15) is 48.8 Å². The maximum Gasteiger partial charge on any atom is 0.410 e. The van der Waals surface area contributed by atoms with Gasteiger partial charge in [0.25, 0.3) is 0 Å². The first-order valence-corrected chi connectivity index (χ1v) is 9.94. The van der Waals surface area contributed by atoms with E-state index in [-0.39, 0.29) is 30.6 Å². The Balaban J connectivity index is 1.51. The minimum atomic E-state index is -1.11. The van der Waals surface area contributed by atoms with Crippen molar-refractivity contribution in [2.45, 2.75) is 63.3 Å². The SMILES string of the molecule is Cc1cc(F)cc(C2(O)CC3CCCC(C2)N3C(=O)OCc2ccccc2)c1. The van der Waals surface area contributed by atoms with Gasteiger partial charge in [-0.25, -0.2) is 9.18 Å². The first-order valence-electron chi connectivity index (χ1n) is 9.94. The largest absolute Gasteiger partial charge is 0.445 e. The van der Waals surface area contributed by atoms with E-state index >= 15 is 0 Å². The van der Waals surface area contributed by atoms with Gasteiger partial charge in [0.05, 0.1) is 5.60 Å². The first kappa shape index (κ1) is 18.9. The van der Waals surface area contributed by atoms with Crippen LogP contribution in [-0.4, -0.2) is 28.2 Å². The number of amides is 1. The lowest BCUT2D eigenvalue weighted by molar-refractivity contribution is -0.0897. The van der Waals surface area contributed by atoms with Gasteiger partial charge in [-0.3, -0.25) is 0 Å². The van der Waals surface area contributed by atoms with Gasteiger partial charge in [-0.2, -0.15) is 0 Å². The van der Waals surface area contributed by atoms with E-state index in [9.17, 15) is 14.3 Å². The van der Waals surface area contributed by atoms with Crippen molar-refractivity contribution >= 4 is 6.09 Å². The van der Waals surface area contributed by atoms with Crippen molar-refractivity contribution < 1.29 is 19.0 Å². The van der Waals surface area contributed by atoms with Crippen LogP contribution in [-0.2, 0) is 16.9 Å². The number of fused-ring (bicyclic) bond motifs is 2. The second-order valence-electron chi connectivity index (χ2n) is 8.14. The predicted octanol–water partition coefficient (Wildman–Crippen LogP) is 4.68. The quantitative estimate of drug-likeness (QED) is 0.838. The molecule has 2 heterocycles. The van der Waals surface area contributed by atoms with Crippen LogP contribution in [0.5, 0.6) is 0 Å². The zero-order chi connectivity index (χ0) is 19.7. The van der Waals surface area contributed by atoms with E-state index in [2.05, 4.69) is 0 Å². The van der Waals surface area contributed by atoms with E-state index in [1.807, 2.05) is 48.2 Å². The summed E-state index contributed by atoms with van der Waals surface area (Å²) in [5.74, 6) is -0.335. The number of carbonyl (C=O) groups excluding carboxylic acids is 1. The minimum absolute atomic E-state index is 0.0932. The predicted molar refractivity (Wildman–Crippen MR) is 104 cm³/mol. The molecular formula is C23H26FNO3. The van der Waals surface area contributed by atoms with Crippen LogP contribution in [0.3, 0.4) is 0 Å². The molecular weight excluding hydrogens is 357 g/mol. The lowest BCUT2D eigenvalue weighted by Gasteiger charge is -2.51. The van der Waals surface area contributed by atoms with Crippen molar-refractivity contribution in [1.29, 1.82) is 0 Å². The number of aliphatic hydroxyl groups is 1. The number of ether oxygens (including phenoxy) is 1. The van der Waals surface area contributed by atoms with Crippen molar-refractivity contribution in [3.05, 3.63) is 71.0 Å². The molecule has 1 amide bonds. The molecule has 5 heteroatoms. The van der Waals surface area contributed by atoms with E-state index in [1.54, 1.807) is 0 Å². The van der Waals surface area contributed by atoms with Crippen molar-refractivity contribution in [2.75, 3.05) is 0 Å². The van der Waals surface area contributed by atoms with Crippen LogP contribution in [0.2, 0.25) is 0 Å². The summed E-state index contributed by atoms with van der Waals surface area (Å²) in [5, 5.41) is 11.4. The summed E-state index contributed by atoms with van der Waals surface area (Å²) in [6.45, 7) is 2.07. The van der Waals surface area contributed by atoms with Gasteiger partial charge in [0, 0.05) is 24.9 Å². The number of carbonyl (C=O) groups is 1. The molecule has 0 aliphatic carbocycles. The third kappa shape index (κ3) is 3.76. The number of benzene rings is 2. The highest BCUT2D eigenvalue weighted by atomic mass is 19.1. The number of hydrogen-bond acceptors (Lipinski definition) is 3. The lowest BCUT2D eigenvalue weighted by Crippen LogP contribution is -2.58. The van der Waals surface area contributed by atoms with E-state index in [4.69, 9.17) is 4.74 Å².